The van der Waals surface area contributed by atoms with Crippen molar-refractivity contribution in [3.05, 3.63) is 376 Å². The largest absolute Gasteiger partial charge is 0.456 e. The van der Waals surface area contributed by atoms with Crippen molar-refractivity contribution >= 4 is 289 Å². The number of hydrogen-bond donors (Lipinski definition) is 0. The second-order valence-electron chi connectivity index (χ2n) is 35.8. The summed E-state index contributed by atoms with van der Waals surface area (Å²) in [6, 6.07) is 133. The molecule has 0 bridgehead atoms. The van der Waals surface area contributed by atoms with E-state index in [-0.39, 0.29) is 0 Å². The molecule has 0 aliphatic rings. The van der Waals surface area contributed by atoms with Gasteiger partial charge in [0, 0.05) is 128 Å². The van der Waals surface area contributed by atoms with E-state index in [4.69, 9.17) is 47.6 Å². The van der Waals surface area contributed by atoms with E-state index in [1.165, 1.54) is 63.9 Å². The summed E-state index contributed by atoms with van der Waals surface area (Å²) >= 11 is 1.85. The third kappa shape index (κ3) is 9.82. The Balaban J connectivity index is 0.0000000931. The Hall–Kier alpha value is -18.2. The third-order valence-corrected chi connectivity index (χ3v) is 29.8. The van der Waals surface area contributed by atoms with E-state index in [0.29, 0.717) is 0 Å². The number of rotatable bonds is 4. The van der Waals surface area contributed by atoms with Gasteiger partial charge in [-0.2, -0.15) is 0 Å². The summed E-state index contributed by atoms with van der Waals surface area (Å²) in [4.78, 5) is 31.3. The second kappa shape index (κ2) is 26.3. The fourth-order valence-corrected chi connectivity index (χ4v) is 23.8. The number of fused-ring (bicyclic) bond motifs is 42. The maximum atomic E-state index is 6.63. The van der Waals surface area contributed by atoms with E-state index >= 15 is 0 Å². The van der Waals surface area contributed by atoms with E-state index in [2.05, 4.69) is 273 Å². The summed E-state index contributed by atoms with van der Waals surface area (Å²) in [5.74, 6) is 0. The highest BCUT2D eigenvalue weighted by atomic mass is 32.1. The molecular weight excluding hydrogens is 1680 g/mol. The predicted molar refractivity (Wildman–Crippen MR) is 555 cm³/mol. The standard InChI is InChI=1S/C44H24N4O.C38H19N3O2.C38H19N3OS/c1-2-10-27(11-3-1)47-37-16-8-4-12-28(37)32-22-25(18-21-38(32)47)26-23-33-30-19-20-31-29-13-5-9-17-39(29)49-43(31)42(30)48-41(33)34(24-26)40-44(48)46-36-15-7-6-14-35(36)45-40;1-6-12-32-22(7-1)25-15-14-24-27-18-21(20-13-16-33-26(17-20)23-8-2-5-11-31(23)42-33)19-28-34-38(40-30-10-4-3-9-29(30)39-34)41(35(27)28)36(24)37(25)43-32;1-5-11-31-22(7-1)25-15-14-24-27-18-21(20-13-16-33-26(17-20)23-8-2-6-12-32(23)43-33)19-28-34-38(40-30-10-4-3-9-29(30)39-34)41(35(27)28)36(24)37(25)42-31/h1-24H;2*1-19H. The van der Waals surface area contributed by atoms with Crippen LogP contribution in [0.4, 0.5) is 0 Å². The Bertz CT molecular complexity index is 10800. The summed E-state index contributed by atoms with van der Waals surface area (Å²) in [6.07, 6.45) is 0. The first-order valence-electron chi connectivity index (χ1n) is 45.4. The molecule has 19 aromatic carbocycles. The lowest BCUT2D eigenvalue weighted by atomic mass is 9.98. The molecule has 0 N–H and O–H groups in total. The molecule has 0 aliphatic carbocycles. The van der Waals surface area contributed by atoms with Gasteiger partial charge in [-0.25, -0.2) is 29.9 Å². The molecule has 0 unspecified atom stereocenters. The van der Waals surface area contributed by atoms with Crippen molar-refractivity contribution in [1.29, 1.82) is 0 Å². The number of aromatic nitrogens is 10. The van der Waals surface area contributed by atoms with E-state index in [1.807, 2.05) is 133 Å². The number of benzene rings is 19. The molecule has 0 spiro atoms. The van der Waals surface area contributed by atoms with Gasteiger partial charge in [0.1, 0.15) is 44.5 Å². The molecule has 135 heavy (non-hydrogen) atoms. The Morgan fingerprint density at radius 1 is 0.185 bits per heavy atom. The molecule has 622 valence electrons. The molecule has 0 amide bonds. The number of para-hydroxylation sites is 12. The van der Waals surface area contributed by atoms with Gasteiger partial charge in [-0.05, 0) is 209 Å². The van der Waals surface area contributed by atoms with Gasteiger partial charge in [0.2, 0.25) is 0 Å². The highest BCUT2D eigenvalue weighted by molar-refractivity contribution is 7.25. The lowest BCUT2D eigenvalue weighted by molar-refractivity contribution is 0.669. The molecule has 0 radical (unpaired) electrons. The highest BCUT2D eigenvalue weighted by Crippen LogP contribution is 2.52. The molecule has 0 aliphatic heterocycles. The monoisotopic (exact) mass is 1740 g/mol. The molecule has 34 aromatic rings. The number of thiophene rings is 1. The van der Waals surface area contributed by atoms with Gasteiger partial charge >= 0.3 is 0 Å². The van der Waals surface area contributed by atoms with Gasteiger partial charge in [-0.1, -0.05) is 200 Å². The first-order chi connectivity index (χ1) is 66.9. The van der Waals surface area contributed by atoms with Gasteiger partial charge in [0.25, 0.3) is 0 Å². The predicted octanol–water partition coefficient (Wildman–Crippen LogP) is 32.4. The first-order valence-corrected chi connectivity index (χ1v) is 46.2. The molecule has 0 saturated heterocycles. The van der Waals surface area contributed by atoms with Gasteiger partial charge in [-0.15, -0.1) is 11.3 Å². The van der Waals surface area contributed by atoms with Crippen LogP contribution >= 0.6 is 11.3 Å². The maximum absolute atomic E-state index is 6.63. The minimum Gasteiger partial charge on any atom is -0.456 e. The Morgan fingerprint density at radius 3 is 0.970 bits per heavy atom. The lowest BCUT2D eigenvalue weighted by Gasteiger charge is -2.08. The molecular formula is C120H62N10O4S. The van der Waals surface area contributed by atoms with Crippen LogP contribution in [0, 0.1) is 0 Å². The molecule has 15 aromatic heterocycles. The zero-order valence-electron chi connectivity index (χ0n) is 71.3. The first kappa shape index (κ1) is 71.7. The normalized spacial score (nSPS) is 12.6. The van der Waals surface area contributed by atoms with Crippen LogP contribution in [0.2, 0.25) is 0 Å². The lowest BCUT2D eigenvalue weighted by Crippen LogP contribution is -1.92. The fraction of sp³-hybridized carbons (Fsp3) is 0. The number of nitrogens with zero attached hydrogens (tertiary/aromatic N) is 10. The zero-order chi connectivity index (χ0) is 87.4. The van der Waals surface area contributed by atoms with Crippen molar-refractivity contribution in [3.8, 4) is 39.1 Å². The van der Waals surface area contributed by atoms with Crippen molar-refractivity contribution in [2.75, 3.05) is 0 Å². The quantitative estimate of drug-likeness (QED) is 0.167. The topological polar surface area (TPSA) is 148 Å². The minimum absolute atomic E-state index is 0.843. The SMILES string of the molecule is c1ccc(-n2c3ccccc3c3cc(-c4cc5c6ccc7c8ccccc8oc7c6n6c7nc8ccccc8nc7c(c4)c56)ccc32)cc1.c1ccc2nc3c(nc2c1)c1cc(-c2ccc4oc5ccccc5c4c2)cc2c4ccc5c6ccccc6oc5c4n3c21.c1ccc2nc3c(nc2c1)c1cc(-c2ccc4sc5ccccc5c4c2)cc2c4ccc5c6ccccc6oc5c4n3c21. The third-order valence-electron chi connectivity index (χ3n) is 28.6. The smallest absolute Gasteiger partial charge is 0.165 e. The van der Waals surface area contributed by atoms with E-state index < -0.39 is 0 Å². The summed E-state index contributed by atoms with van der Waals surface area (Å²) < 4.78 is 37.8. The zero-order valence-corrected chi connectivity index (χ0v) is 72.1. The van der Waals surface area contributed by atoms with Crippen molar-refractivity contribution in [2.24, 2.45) is 0 Å². The van der Waals surface area contributed by atoms with Gasteiger partial charge in [0.15, 0.2) is 33.7 Å². The Kier molecular flexibility index (Phi) is 14.0. The summed E-state index contributed by atoms with van der Waals surface area (Å²) in [5, 5.41) is 24.2. The van der Waals surface area contributed by atoms with E-state index in [1.54, 1.807) is 0 Å². The van der Waals surface area contributed by atoms with Crippen molar-refractivity contribution in [2.45, 2.75) is 0 Å². The summed E-state index contributed by atoms with van der Waals surface area (Å²) in [6.45, 7) is 0. The number of hydrogen-bond acceptors (Lipinski definition) is 11. The van der Waals surface area contributed by atoms with Crippen LogP contribution in [0.15, 0.2) is 394 Å². The average molecular weight is 1740 g/mol. The Labute approximate surface area is 764 Å². The van der Waals surface area contributed by atoms with Crippen LogP contribution in [0.1, 0.15) is 0 Å². The van der Waals surface area contributed by atoms with Gasteiger partial charge < -0.3 is 22.2 Å². The molecule has 0 atom stereocenters. The van der Waals surface area contributed by atoms with Crippen LogP contribution in [0.5, 0.6) is 0 Å². The molecule has 0 saturated carbocycles. The molecule has 15 heteroatoms. The van der Waals surface area contributed by atoms with Crippen molar-refractivity contribution < 1.29 is 17.7 Å². The maximum Gasteiger partial charge on any atom is 0.165 e. The van der Waals surface area contributed by atoms with Crippen molar-refractivity contribution in [3.63, 3.8) is 0 Å². The number of furan rings is 4. The Morgan fingerprint density at radius 2 is 0.504 bits per heavy atom. The summed E-state index contributed by atoms with van der Waals surface area (Å²) in [5.41, 5.74) is 34.6. The van der Waals surface area contributed by atoms with Crippen LogP contribution in [0.25, 0.3) is 317 Å². The summed E-state index contributed by atoms with van der Waals surface area (Å²) in [7, 11) is 0. The molecule has 14 nitrogen and oxygen atoms in total. The van der Waals surface area contributed by atoms with E-state index in [9.17, 15) is 0 Å². The minimum atomic E-state index is 0.843. The highest BCUT2D eigenvalue weighted by Gasteiger charge is 2.31. The van der Waals surface area contributed by atoms with Gasteiger partial charge in [-0.3, -0.25) is 13.2 Å². The van der Waals surface area contributed by atoms with E-state index in [0.717, 1.165) is 253 Å². The average Bonchev–Trinajstić information content (AvgIpc) is 1.53. The second-order valence-corrected chi connectivity index (χ2v) is 36.9. The van der Waals surface area contributed by atoms with Gasteiger partial charge in [0.05, 0.1) is 77.2 Å². The molecule has 34 rings (SSSR count). The van der Waals surface area contributed by atoms with Crippen LogP contribution in [0.3, 0.4) is 0 Å². The van der Waals surface area contributed by atoms with Crippen LogP contribution in [-0.2, 0) is 0 Å². The fourth-order valence-electron chi connectivity index (χ4n) is 22.7. The van der Waals surface area contributed by atoms with Crippen LogP contribution < -0.4 is 0 Å². The molecule has 0 fully saturated rings. The van der Waals surface area contributed by atoms with Crippen LogP contribution in [-0.4, -0.2) is 47.7 Å². The molecule has 15 heterocycles. The van der Waals surface area contributed by atoms with Crippen molar-refractivity contribution in [1.82, 2.24) is 47.7 Å².